The maximum atomic E-state index is 8.33. The molecule has 0 radical (unpaired) electrons. The Morgan fingerprint density at radius 3 is 2.43 bits per heavy atom. The van der Waals surface area contributed by atoms with Crippen LogP contribution in [0.25, 0.3) is 5.57 Å². The quantitative estimate of drug-likeness (QED) is 0.224. The van der Waals surface area contributed by atoms with Crippen molar-refractivity contribution in [1.29, 1.82) is 5.41 Å². The van der Waals surface area contributed by atoms with Crippen LogP contribution in [0.1, 0.15) is 65.5 Å². The third-order valence-electron chi connectivity index (χ3n) is 6.93. The fourth-order valence-corrected chi connectivity index (χ4v) is 4.84. The molecule has 28 heavy (non-hydrogen) atoms. The second-order valence-electron chi connectivity index (χ2n) is 8.46. The number of hydrogen-bond donors (Lipinski definition) is 1. The van der Waals surface area contributed by atoms with Gasteiger partial charge in [-0.15, -0.1) is 6.42 Å². The van der Waals surface area contributed by atoms with Gasteiger partial charge in [0, 0.05) is 17.2 Å². The van der Waals surface area contributed by atoms with E-state index in [0.717, 1.165) is 29.7 Å². The lowest BCUT2D eigenvalue weighted by Gasteiger charge is -2.56. The van der Waals surface area contributed by atoms with Crippen LogP contribution in [0.2, 0.25) is 0 Å². The predicted molar refractivity (Wildman–Crippen MR) is 123 cm³/mol. The summed E-state index contributed by atoms with van der Waals surface area (Å²) in [5.41, 5.74) is 6.75. The molecule has 1 heteroatoms. The van der Waals surface area contributed by atoms with E-state index in [0.29, 0.717) is 11.8 Å². The summed E-state index contributed by atoms with van der Waals surface area (Å²) in [4.78, 5) is 0. The lowest BCUT2D eigenvalue weighted by Crippen LogP contribution is -2.50. The first-order chi connectivity index (χ1) is 13.2. The zero-order valence-corrected chi connectivity index (χ0v) is 18.4. The average Bonchev–Trinajstić information content (AvgIpc) is 2.69. The summed E-state index contributed by atoms with van der Waals surface area (Å²) in [6.07, 6.45) is 12.3. The van der Waals surface area contributed by atoms with Gasteiger partial charge in [-0.3, -0.25) is 0 Å². The Labute approximate surface area is 172 Å². The van der Waals surface area contributed by atoms with Crippen molar-refractivity contribution in [3.05, 3.63) is 65.3 Å². The van der Waals surface area contributed by atoms with Gasteiger partial charge in [-0.1, -0.05) is 81.5 Å². The molecular weight excluding hydrogens is 338 g/mol. The summed E-state index contributed by atoms with van der Waals surface area (Å²) in [5.74, 6) is 3.67. The van der Waals surface area contributed by atoms with E-state index in [-0.39, 0.29) is 11.3 Å². The summed E-state index contributed by atoms with van der Waals surface area (Å²) >= 11 is 0. The number of terminal acetylenes is 1. The summed E-state index contributed by atoms with van der Waals surface area (Å²) < 4.78 is 0. The summed E-state index contributed by atoms with van der Waals surface area (Å²) in [7, 11) is 0. The Balaban J connectivity index is 2.46. The highest BCUT2D eigenvalue weighted by Crippen LogP contribution is 2.59. The van der Waals surface area contributed by atoms with Gasteiger partial charge in [-0.05, 0) is 61.3 Å². The van der Waals surface area contributed by atoms with Gasteiger partial charge in [0.2, 0.25) is 0 Å². The minimum absolute atomic E-state index is 0.161. The highest BCUT2D eigenvalue weighted by atomic mass is 14.6. The first-order valence-corrected chi connectivity index (χ1v) is 10.4. The van der Waals surface area contributed by atoms with Crippen molar-refractivity contribution in [2.75, 3.05) is 0 Å². The van der Waals surface area contributed by atoms with E-state index in [1.807, 2.05) is 19.1 Å². The third-order valence-corrected chi connectivity index (χ3v) is 6.93. The molecule has 1 aromatic rings. The molecule has 1 N–H and O–H groups in total. The number of nitrogens with one attached hydrogen (secondary N) is 1. The number of benzene rings is 1. The average molecular weight is 374 g/mol. The Morgan fingerprint density at radius 2 is 1.93 bits per heavy atom. The maximum Gasteiger partial charge on any atom is 0.0248 e. The Bertz CT molecular complexity index is 854. The second-order valence-corrected chi connectivity index (χ2v) is 8.46. The predicted octanol–water partition coefficient (Wildman–Crippen LogP) is 7.30. The Kier molecular flexibility index (Phi) is 6.89. The fourth-order valence-electron chi connectivity index (χ4n) is 4.84. The molecule has 0 saturated heterocycles. The summed E-state index contributed by atoms with van der Waals surface area (Å²) in [6.45, 7) is 17.6. The molecule has 0 bridgehead atoms. The molecule has 0 aliphatic heterocycles. The molecule has 0 heterocycles. The van der Waals surface area contributed by atoms with Gasteiger partial charge in [-0.2, -0.15) is 0 Å². The molecule has 3 unspecified atom stereocenters. The first kappa shape index (κ1) is 22.0. The zero-order chi connectivity index (χ0) is 21.1. The Hall–Kier alpha value is -2.33. The molecule has 3 atom stereocenters. The SMILES string of the molecule is C#Cc1cccc(C(=C/C)/C=C(\C)C2C(C(C)=N)C(=C)C2C(C)(CC)CC)c1. The largest absolute Gasteiger partial charge is 0.309 e. The van der Waals surface area contributed by atoms with Crippen LogP contribution < -0.4 is 0 Å². The van der Waals surface area contributed by atoms with Gasteiger partial charge in [0.05, 0.1) is 0 Å². The minimum atomic E-state index is 0.161. The molecule has 1 saturated carbocycles. The van der Waals surface area contributed by atoms with Gasteiger partial charge >= 0.3 is 0 Å². The Morgan fingerprint density at radius 1 is 1.29 bits per heavy atom. The van der Waals surface area contributed by atoms with Crippen molar-refractivity contribution in [3.8, 4) is 12.3 Å². The van der Waals surface area contributed by atoms with Crippen molar-refractivity contribution < 1.29 is 0 Å². The van der Waals surface area contributed by atoms with Crippen LogP contribution in [0.5, 0.6) is 0 Å². The molecule has 0 spiro atoms. The number of hydrogen-bond acceptors (Lipinski definition) is 1. The highest BCUT2D eigenvalue weighted by molar-refractivity contribution is 5.87. The summed E-state index contributed by atoms with van der Waals surface area (Å²) in [5, 5.41) is 8.33. The maximum absolute atomic E-state index is 8.33. The lowest BCUT2D eigenvalue weighted by molar-refractivity contribution is 0.0816. The third kappa shape index (κ3) is 3.93. The molecule has 0 amide bonds. The van der Waals surface area contributed by atoms with Gasteiger partial charge in [0.1, 0.15) is 0 Å². The van der Waals surface area contributed by atoms with E-state index in [2.05, 4.69) is 71.4 Å². The van der Waals surface area contributed by atoms with E-state index in [1.54, 1.807) is 0 Å². The van der Waals surface area contributed by atoms with Crippen molar-refractivity contribution >= 4 is 11.3 Å². The molecule has 1 aromatic carbocycles. The highest BCUT2D eigenvalue weighted by Gasteiger charge is 2.53. The van der Waals surface area contributed by atoms with E-state index in [9.17, 15) is 0 Å². The molecular formula is C27H35N. The zero-order valence-electron chi connectivity index (χ0n) is 18.4. The smallest absolute Gasteiger partial charge is 0.0248 e. The molecule has 0 aromatic heterocycles. The molecule has 1 aliphatic rings. The van der Waals surface area contributed by atoms with Gasteiger partial charge in [-0.25, -0.2) is 0 Å². The van der Waals surface area contributed by atoms with Crippen LogP contribution in [0.15, 0.2) is 54.1 Å². The normalized spacial score (nSPS) is 23.2. The van der Waals surface area contributed by atoms with Crippen molar-refractivity contribution in [3.63, 3.8) is 0 Å². The minimum Gasteiger partial charge on any atom is -0.309 e. The topological polar surface area (TPSA) is 23.9 Å². The molecule has 1 nitrogen and oxygen atoms in total. The first-order valence-electron chi connectivity index (χ1n) is 10.4. The number of rotatable bonds is 7. The van der Waals surface area contributed by atoms with Crippen LogP contribution in [-0.4, -0.2) is 5.71 Å². The van der Waals surface area contributed by atoms with E-state index in [4.69, 9.17) is 11.8 Å². The van der Waals surface area contributed by atoms with Crippen LogP contribution in [0.4, 0.5) is 0 Å². The molecule has 1 aliphatic carbocycles. The van der Waals surface area contributed by atoms with Crippen molar-refractivity contribution in [2.24, 2.45) is 23.2 Å². The van der Waals surface area contributed by atoms with E-state index < -0.39 is 0 Å². The number of allylic oxidation sites excluding steroid dienone is 5. The van der Waals surface area contributed by atoms with Crippen LogP contribution in [-0.2, 0) is 0 Å². The fraction of sp³-hybridized carbons (Fsp3) is 0.444. The monoisotopic (exact) mass is 373 g/mol. The van der Waals surface area contributed by atoms with E-state index >= 15 is 0 Å². The van der Waals surface area contributed by atoms with E-state index in [1.165, 1.54) is 16.7 Å². The molecule has 148 valence electrons. The van der Waals surface area contributed by atoms with Gasteiger partial charge in [0.25, 0.3) is 0 Å². The van der Waals surface area contributed by atoms with Crippen molar-refractivity contribution in [2.45, 2.75) is 54.4 Å². The second kappa shape index (κ2) is 8.78. The van der Waals surface area contributed by atoms with Crippen molar-refractivity contribution in [1.82, 2.24) is 0 Å². The molecule has 2 rings (SSSR count). The van der Waals surface area contributed by atoms with Crippen LogP contribution in [0.3, 0.4) is 0 Å². The van der Waals surface area contributed by atoms with Crippen LogP contribution >= 0.6 is 0 Å². The summed E-state index contributed by atoms with van der Waals surface area (Å²) in [6, 6.07) is 8.15. The standard InChI is InChI=1S/C27H35N/c1-9-21-14-13-15-23(17-21)22(10-2)16-18(5)24-25(20(7)28)19(6)26(24)27(8,11-3)12-4/h1,10,13-17,24-26,28H,6,11-12H2,2-5,7-8H3/b18-16+,22-10+,28-20?. The van der Waals surface area contributed by atoms with Gasteiger partial charge < -0.3 is 5.41 Å². The molecule has 1 fully saturated rings. The van der Waals surface area contributed by atoms with Gasteiger partial charge in [0.15, 0.2) is 0 Å². The van der Waals surface area contributed by atoms with Crippen LogP contribution in [0, 0.1) is 40.9 Å². The lowest BCUT2D eigenvalue weighted by atomic mass is 9.48.